The molecule has 21 heavy (non-hydrogen) atoms. The lowest BCUT2D eigenvalue weighted by Crippen LogP contribution is -2.41. The summed E-state index contributed by atoms with van der Waals surface area (Å²) in [7, 11) is 0. The molecule has 0 aliphatic carbocycles. The quantitative estimate of drug-likeness (QED) is 0.896. The van der Waals surface area contributed by atoms with E-state index in [0.717, 1.165) is 25.0 Å². The second kappa shape index (κ2) is 5.58. The Morgan fingerprint density at radius 1 is 1.33 bits per heavy atom. The number of rotatable bonds is 2. The first-order valence-electron chi connectivity index (χ1n) is 6.91. The van der Waals surface area contributed by atoms with Gasteiger partial charge in [0.15, 0.2) is 0 Å². The van der Waals surface area contributed by atoms with Crippen molar-refractivity contribution in [1.29, 1.82) is 0 Å². The summed E-state index contributed by atoms with van der Waals surface area (Å²) in [6.07, 6.45) is -2.73. The van der Waals surface area contributed by atoms with Gasteiger partial charge in [0.05, 0.1) is 16.8 Å². The molecule has 1 heterocycles. The van der Waals surface area contributed by atoms with Crippen LogP contribution in [-0.2, 0) is 6.18 Å². The highest BCUT2D eigenvalue weighted by Crippen LogP contribution is 2.35. The summed E-state index contributed by atoms with van der Waals surface area (Å²) in [4.78, 5) is 13.2. The van der Waals surface area contributed by atoms with E-state index in [2.05, 4.69) is 6.92 Å². The first kappa shape index (κ1) is 15.7. The highest BCUT2D eigenvalue weighted by atomic mass is 19.4. The van der Waals surface area contributed by atoms with E-state index in [1.54, 1.807) is 0 Å². The molecule has 1 N–H and O–H groups in total. The van der Waals surface area contributed by atoms with Crippen LogP contribution in [-0.4, -0.2) is 23.7 Å². The molecule has 1 aliphatic heterocycles. The number of hydrogen-bond acceptors (Lipinski definition) is 2. The van der Waals surface area contributed by atoms with E-state index in [1.165, 1.54) is 6.07 Å². The average Bonchev–Trinajstić information content (AvgIpc) is 2.37. The third kappa shape index (κ3) is 3.31. The number of anilines is 1. The Morgan fingerprint density at radius 3 is 2.52 bits per heavy atom. The van der Waals surface area contributed by atoms with Crippen molar-refractivity contribution in [2.45, 2.75) is 38.9 Å². The molecule has 1 aromatic rings. The van der Waals surface area contributed by atoms with Crippen molar-refractivity contribution in [1.82, 2.24) is 0 Å². The SMILES string of the molecule is CC1CCN(c2ccc(C(F)(F)F)cc2C(=O)O)C(C)C1. The topological polar surface area (TPSA) is 40.5 Å². The van der Waals surface area contributed by atoms with Gasteiger partial charge in [0, 0.05) is 12.6 Å². The fraction of sp³-hybridized carbons (Fsp3) is 0.533. The minimum Gasteiger partial charge on any atom is -0.478 e. The Kier molecular flexibility index (Phi) is 4.16. The van der Waals surface area contributed by atoms with Crippen LogP contribution < -0.4 is 4.90 Å². The average molecular weight is 301 g/mol. The highest BCUT2D eigenvalue weighted by molar-refractivity contribution is 5.95. The first-order valence-corrected chi connectivity index (χ1v) is 6.91. The summed E-state index contributed by atoms with van der Waals surface area (Å²) in [5, 5.41) is 9.23. The fourth-order valence-electron chi connectivity index (χ4n) is 2.90. The van der Waals surface area contributed by atoms with Crippen LogP contribution in [0.5, 0.6) is 0 Å². The van der Waals surface area contributed by atoms with Gasteiger partial charge in [-0.3, -0.25) is 0 Å². The van der Waals surface area contributed by atoms with E-state index in [-0.39, 0.29) is 11.6 Å². The Bertz CT molecular complexity index is 542. The molecule has 2 unspecified atom stereocenters. The Morgan fingerprint density at radius 2 is 2.00 bits per heavy atom. The summed E-state index contributed by atoms with van der Waals surface area (Å²) in [6, 6.07) is 3.07. The van der Waals surface area contributed by atoms with Gasteiger partial charge in [0.2, 0.25) is 0 Å². The van der Waals surface area contributed by atoms with Crippen LogP contribution >= 0.6 is 0 Å². The first-order chi connectivity index (χ1) is 9.70. The largest absolute Gasteiger partial charge is 0.478 e. The van der Waals surface area contributed by atoms with Crippen molar-refractivity contribution in [3.63, 3.8) is 0 Å². The predicted octanol–water partition coefficient (Wildman–Crippen LogP) is 4.03. The number of nitrogens with zero attached hydrogens (tertiary/aromatic N) is 1. The number of aromatic carboxylic acids is 1. The van der Waals surface area contributed by atoms with Crippen molar-refractivity contribution in [2.24, 2.45) is 5.92 Å². The minimum absolute atomic E-state index is 0.114. The third-order valence-electron chi connectivity index (χ3n) is 4.00. The molecule has 2 atom stereocenters. The number of hydrogen-bond donors (Lipinski definition) is 1. The summed E-state index contributed by atoms with van der Waals surface area (Å²) in [5.74, 6) is -0.791. The second-order valence-corrected chi connectivity index (χ2v) is 5.71. The zero-order chi connectivity index (χ0) is 15.8. The van der Waals surface area contributed by atoms with Gasteiger partial charge in [-0.25, -0.2) is 4.79 Å². The summed E-state index contributed by atoms with van der Waals surface area (Å²) >= 11 is 0. The van der Waals surface area contributed by atoms with Crippen LogP contribution in [0.3, 0.4) is 0 Å². The van der Waals surface area contributed by atoms with Gasteiger partial charge in [0.1, 0.15) is 0 Å². The molecule has 6 heteroatoms. The molecule has 0 bridgehead atoms. The molecule has 0 aromatic heterocycles. The lowest BCUT2D eigenvalue weighted by molar-refractivity contribution is -0.137. The maximum absolute atomic E-state index is 12.7. The van der Waals surface area contributed by atoms with Crippen molar-refractivity contribution in [3.8, 4) is 0 Å². The molecule has 1 fully saturated rings. The number of benzene rings is 1. The molecule has 1 aliphatic rings. The van der Waals surface area contributed by atoms with E-state index >= 15 is 0 Å². The Labute approximate surface area is 121 Å². The molecule has 2 rings (SSSR count). The Hall–Kier alpha value is -1.72. The van der Waals surface area contributed by atoms with Crippen LogP contribution in [0.25, 0.3) is 0 Å². The molecular formula is C15H18F3NO2. The van der Waals surface area contributed by atoms with Crippen LogP contribution in [0.15, 0.2) is 18.2 Å². The van der Waals surface area contributed by atoms with Crippen molar-refractivity contribution < 1.29 is 23.1 Å². The fourth-order valence-corrected chi connectivity index (χ4v) is 2.90. The van der Waals surface area contributed by atoms with Gasteiger partial charge < -0.3 is 10.0 Å². The number of alkyl halides is 3. The van der Waals surface area contributed by atoms with Gasteiger partial charge in [-0.1, -0.05) is 6.92 Å². The third-order valence-corrected chi connectivity index (χ3v) is 4.00. The minimum atomic E-state index is -4.54. The van der Waals surface area contributed by atoms with Crippen LogP contribution in [0.1, 0.15) is 42.6 Å². The standard InChI is InChI=1S/C15H18F3NO2/c1-9-5-6-19(10(2)7-9)13-4-3-11(15(16,17)18)8-12(13)14(20)21/h3-4,8-10H,5-7H2,1-2H3,(H,20,21). The molecule has 1 saturated heterocycles. The van der Waals surface area contributed by atoms with Crippen molar-refractivity contribution in [2.75, 3.05) is 11.4 Å². The zero-order valence-corrected chi connectivity index (χ0v) is 11.9. The normalized spacial score (nSPS) is 23.2. The molecular weight excluding hydrogens is 283 g/mol. The maximum Gasteiger partial charge on any atom is 0.416 e. The van der Waals surface area contributed by atoms with Gasteiger partial charge in [-0.2, -0.15) is 13.2 Å². The summed E-state index contributed by atoms with van der Waals surface area (Å²) in [6.45, 7) is 4.76. The molecule has 0 saturated carbocycles. The Balaban J connectivity index is 2.42. The monoisotopic (exact) mass is 301 g/mol. The van der Waals surface area contributed by atoms with Crippen LogP contribution in [0.2, 0.25) is 0 Å². The van der Waals surface area contributed by atoms with Crippen molar-refractivity contribution >= 4 is 11.7 Å². The maximum atomic E-state index is 12.7. The number of halogens is 3. The summed E-state index contributed by atoms with van der Waals surface area (Å²) < 4.78 is 38.2. The van der Waals surface area contributed by atoms with Gasteiger partial charge >= 0.3 is 12.1 Å². The lowest BCUT2D eigenvalue weighted by atomic mass is 9.92. The number of piperidine rings is 1. The lowest BCUT2D eigenvalue weighted by Gasteiger charge is -2.39. The molecule has 0 radical (unpaired) electrons. The van der Waals surface area contributed by atoms with Crippen LogP contribution in [0, 0.1) is 5.92 Å². The second-order valence-electron chi connectivity index (χ2n) is 5.71. The van der Waals surface area contributed by atoms with Crippen molar-refractivity contribution in [3.05, 3.63) is 29.3 Å². The van der Waals surface area contributed by atoms with E-state index in [0.29, 0.717) is 18.2 Å². The predicted molar refractivity (Wildman–Crippen MR) is 73.6 cm³/mol. The number of carboxylic acids is 1. The van der Waals surface area contributed by atoms with E-state index in [9.17, 15) is 23.1 Å². The van der Waals surface area contributed by atoms with Crippen LogP contribution in [0.4, 0.5) is 18.9 Å². The molecule has 3 nitrogen and oxygen atoms in total. The van der Waals surface area contributed by atoms with E-state index in [4.69, 9.17) is 0 Å². The van der Waals surface area contributed by atoms with Gasteiger partial charge in [-0.15, -0.1) is 0 Å². The molecule has 1 aromatic carbocycles. The van der Waals surface area contributed by atoms with E-state index in [1.807, 2.05) is 11.8 Å². The molecule has 0 amide bonds. The summed E-state index contributed by atoms with van der Waals surface area (Å²) in [5.41, 5.74) is -0.845. The zero-order valence-electron chi connectivity index (χ0n) is 11.9. The molecule has 116 valence electrons. The highest BCUT2D eigenvalue weighted by Gasteiger charge is 2.33. The number of carbonyl (C=O) groups is 1. The smallest absolute Gasteiger partial charge is 0.416 e. The molecule has 0 spiro atoms. The van der Waals surface area contributed by atoms with E-state index < -0.39 is 17.7 Å². The number of carboxylic acid groups (broad SMARTS) is 1. The van der Waals surface area contributed by atoms with Gasteiger partial charge in [0.25, 0.3) is 0 Å². The van der Waals surface area contributed by atoms with Gasteiger partial charge in [-0.05, 0) is 43.9 Å².